The summed E-state index contributed by atoms with van der Waals surface area (Å²) in [6, 6.07) is 9.91. The largest absolute Gasteiger partial charge is 0.508 e. The number of aromatic hydroxyl groups is 1. The normalized spacial score (nSPS) is 10.2. The zero-order valence-corrected chi connectivity index (χ0v) is 16.9. The van der Waals surface area contributed by atoms with E-state index in [2.05, 4.69) is 17.2 Å². The standard InChI is InChI=1S/C22H26N2O5/c1-14-5-6-19(9-15(14)2)29-13-21(26)24-16(3)7-8-23-22(27)17-10-18(25)12-20(11-17)28-4/h5-6,9-12,25H,3,7-8,13H2,1-2,4H3,(H,23,27)(H,24,26). The summed E-state index contributed by atoms with van der Waals surface area (Å²) in [6.45, 7) is 7.91. The van der Waals surface area contributed by atoms with E-state index in [0.717, 1.165) is 11.1 Å². The van der Waals surface area contributed by atoms with Crippen molar-refractivity contribution in [3.63, 3.8) is 0 Å². The number of phenols is 1. The first-order chi connectivity index (χ1) is 13.8. The number of ether oxygens (including phenoxy) is 2. The lowest BCUT2D eigenvalue weighted by Crippen LogP contribution is -2.31. The second-order valence-corrected chi connectivity index (χ2v) is 6.61. The van der Waals surface area contributed by atoms with Crippen LogP contribution in [0.2, 0.25) is 0 Å². The second kappa shape index (κ2) is 10.2. The molecule has 0 aliphatic heterocycles. The number of nitrogens with one attached hydrogen (secondary N) is 2. The van der Waals surface area contributed by atoms with Gasteiger partial charge in [0.25, 0.3) is 11.8 Å². The van der Waals surface area contributed by atoms with Crippen molar-refractivity contribution < 1.29 is 24.2 Å². The van der Waals surface area contributed by atoms with E-state index in [-0.39, 0.29) is 36.3 Å². The number of hydrogen-bond donors (Lipinski definition) is 3. The molecule has 0 saturated heterocycles. The zero-order valence-electron chi connectivity index (χ0n) is 16.9. The van der Waals surface area contributed by atoms with Crippen molar-refractivity contribution in [2.75, 3.05) is 20.3 Å². The minimum absolute atomic E-state index is 0.0602. The Morgan fingerprint density at radius 1 is 1.07 bits per heavy atom. The summed E-state index contributed by atoms with van der Waals surface area (Å²) in [5.41, 5.74) is 2.99. The fourth-order valence-electron chi connectivity index (χ4n) is 2.51. The molecular weight excluding hydrogens is 372 g/mol. The highest BCUT2D eigenvalue weighted by Crippen LogP contribution is 2.21. The number of carbonyl (C=O) groups is 2. The number of aryl methyl sites for hydroxylation is 2. The number of rotatable bonds is 9. The van der Waals surface area contributed by atoms with Gasteiger partial charge in [-0.2, -0.15) is 0 Å². The topological polar surface area (TPSA) is 96.9 Å². The number of amides is 2. The maximum atomic E-state index is 12.2. The fourth-order valence-corrected chi connectivity index (χ4v) is 2.51. The van der Waals surface area contributed by atoms with E-state index in [1.54, 1.807) is 0 Å². The van der Waals surface area contributed by atoms with Crippen LogP contribution in [0.1, 0.15) is 27.9 Å². The first kappa shape index (κ1) is 21.8. The van der Waals surface area contributed by atoms with E-state index in [0.29, 0.717) is 23.6 Å². The summed E-state index contributed by atoms with van der Waals surface area (Å²) in [4.78, 5) is 24.1. The third kappa shape index (κ3) is 6.88. The van der Waals surface area contributed by atoms with Gasteiger partial charge in [-0.25, -0.2) is 0 Å². The molecule has 0 fully saturated rings. The molecule has 3 N–H and O–H groups in total. The number of carbonyl (C=O) groups excluding carboxylic acids is 2. The van der Waals surface area contributed by atoms with Crippen molar-refractivity contribution in [1.82, 2.24) is 10.6 Å². The Morgan fingerprint density at radius 3 is 2.52 bits per heavy atom. The van der Waals surface area contributed by atoms with Gasteiger partial charge in [0.05, 0.1) is 7.11 Å². The van der Waals surface area contributed by atoms with Gasteiger partial charge in [0.2, 0.25) is 0 Å². The van der Waals surface area contributed by atoms with Crippen LogP contribution in [0.4, 0.5) is 0 Å². The van der Waals surface area contributed by atoms with Crippen LogP contribution in [0.25, 0.3) is 0 Å². The van der Waals surface area contributed by atoms with Gasteiger partial charge < -0.3 is 25.2 Å². The van der Waals surface area contributed by atoms with Crippen molar-refractivity contribution >= 4 is 11.8 Å². The van der Waals surface area contributed by atoms with E-state index >= 15 is 0 Å². The third-order valence-electron chi connectivity index (χ3n) is 4.27. The Morgan fingerprint density at radius 2 is 1.83 bits per heavy atom. The summed E-state index contributed by atoms with van der Waals surface area (Å²) in [5, 5.41) is 15.0. The van der Waals surface area contributed by atoms with Crippen molar-refractivity contribution in [3.05, 3.63) is 65.4 Å². The highest BCUT2D eigenvalue weighted by Gasteiger charge is 2.10. The Kier molecular flexibility index (Phi) is 7.65. The molecule has 2 amide bonds. The zero-order chi connectivity index (χ0) is 21.4. The SMILES string of the molecule is C=C(CCNC(=O)c1cc(O)cc(OC)c1)NC(=O)COc1ccc(C)c(C)c1. The molecule has 0 unspecified atom stereocenters. The molecule has 0 saturated carbocycles. The van der Waals surface area contributed by atoms with Crippen molar-refractivity contribution in [1.29, 1.82) is 0 Å². The Bertz CT molecular complexity index is 908. The smallest absolute Gasteiger partial charge is 0.262 e. The van der Waals surface area contributed by atoms with Gasteiger partial charge in [0.1, 0.15) is 17.2 Å². The van der Waals surface area contributed by atoms with Gasteiger partial charge in [0, 0.05) is 30.3 Å². The predicted molar refractivity (Wildman–Crippen MR) is 110 cm³/mol. The van der Waals surface area contributed by atoms with Crippen LogP contribution in [0.5, 0.6) is 17.2 Å². The van der Waals surface area contributed by atoms with Gasteiger partial charge in [-0.15, -0.1) is 0 Å². The molecule has 0 bridgehead atoms. The van der Waals surface area contributed by atoms with Gasteiger partial charge in [-0.3, -0.25) is 9.59 Å². The van der Waals surface area contributed by atoms with E-state index in [4.69, 9.17) is 9.47 Å². The number of benzene rings is 2. The summed E-state index contributed by atoms with van der Waals surface area (Å²) >= 11 is 0. The van der Waals surface area contributed by atoms with Crippen LogP contribution in [0.15, 0.2) is 48.7 Å². The summed E-state index contributed by atoms with van der Waals surface area (Å²) in [5.74, 6) is 0.266. The molecule has 0 aliphatic rings. The number of phenolic OH excluding ortho intramolecular Hbond substituents is 1. The summed E-state index contributed by atoms with van der Waals surface area (Å²) in [6.07, 6.45) is 0.358. The average molecular weight is 398 g/mol. The lowest BCUT2D eigenvalue weighted by molar-refractivity contribution is -0.122. The van der Waals surface area contributed by atoms with Crippen LogP contribution >= 0.6 is 0 Å². The molecule has 29 heavy (non-hydrogen) atoms. The highest BCUT2D eigenvalue weighted by molar-refractivity contribution is 5.95. The van der Waals surface area contributed by atoms with Gasteiger partial charge in [-0.05, 0) is 49.2 Å². The van der Waals surface area contributed by atoms with Crippen LogP contribution in [-0.4, -0.2) is 37.2 Å². The van der Waals surface area contributed by atoms with Gasteiger partial charge in [-0.1, -0.05) is 12.6 Å². The van der Waals surface area contributed by atoms with Crippen molar-refractivity contribution in [3.8, 4) is 17.2 Å². The molecule has 0 aromatic heterocycles. The number of hydrogen-bond acceptors (Lipinski definition) is 5. The van der Waals surface area contributed by atoms with Crippen LogP contribution in [0, 0.1) is 13.8 Å². The van der Waals surface area contributed by atoms with Gasteiger partial charge in [0.15, 0.2) is 6.61 Å². The predicted octanol–water partition coefficient (Wildman–Crippen LogP) is 2.85. The Hall–Kier alpha value is -3.48. The molecule has 2 aromatic rings. The summed E-state index contributed by atoms with van der Waals surface area (Å²) < 4.78 is 10.5. The molecule has 0 radical (unpaired) electrons. The average Bonchev–Trinajstić information content (AvgIpc) is 2.68. The molecule has 7 nitrogen and oxygen atoms in total. The third-order valence-corrected chi connectivity index (χ3v) is 4.27. The Labute approximate surface area is 170 Å². The lowest BCUT2D eigenvalue weighted by atomic mass is 10.1. The molecule has 0 spiro atoms. The maximum Gasteiger partial charge on any atom is 0.262 e. The molecule has 154 valence electrons. The molecular formula is C22H26N2O5. The van der Waals surface area contributed by atoms with Crippen LogP contribution in [-0.2, 0) is 4.79 Å². The van der Waals surface area contributed by atoms with E-state index in [1.807, 2.05) is 32.0 Å². The van der Waals surface area contributed by atoms with Crippen LogP contribution in [0.3, 0.4) is 0 Å². The molecule has 0 heterocycles. The molecule has 0 atom stereocenters. The lowest BCUT2D eigenvalue weighted by Gasteiger charge is -2.11. The monoisotopic (exact) mass is 398 g/mol. The quantitative estimate of drug-likeness (QED) is 0.604. The first-order valence-electron chi connectivity index (χ1n) is 9.12. The molecule has 2 rings (SSSR count). The minimum Gasteiger partial charge on any atom is -0.508 e. The minimum atomic E-state index is -0.364. The molecule has 7 heteroatoms. The van der Waals surface area contributed by atoms with E-state index in [1.165, 1.54) is 25.3 Å². The maximum absolute atomic E-state index is 12.2. The molecule has 0 aliphatic carbocycles. The van der Waals surface area contributed by atoms with Crippen molar-refractivity contribution in [2.24, 2.45) is 0 Å². The highest BCUT2D eigenvalue weighted by atomic mass is 16.5. The van der Waals surface area contributed by atoms with Crippen LogP contribution < -0.4 is 20.1 Å². The van der Waals surface area contributed by atoms with Crippen molar-refractivity contribution in [2.45, 2.75) is 20.3 Å². The molecule has 2 aromatic carbocycles. The first-order valence-corrected chi connectivity index (χ1v) is 9.12. The fraction of sp³-hybridized carbons (Fsp3) is 0.273. The van der Waals surface area contributed by atoms with E-state index in [9.17, 15) is 14.7 Å². The van der Waals surface area contributed by atoms with Gasteiger partial charge >= 0.3 is 0 Å². The number of methoxy groups -OCH3 is 1. The summed E-state index contributed by atoms with van der Waals surface area (Å²) in [7, 11) is 1.45. The Balaban J connectivity index is 1.73. The van der Waals surface area contributed by atoms with E-state index < -0.39 is 0 Å². The second-order valence-electron chi connectivity index (χ2n) is 6.61.